The lowest BCUT2D eigenvalue weighted by molar-refractivity contribution is -0.382. The molecule has 14 heteroatoms. The van der Waals surface area contributed by atoms with Gasteiger partial charge < -0.3 is 4.18 Å². The molecule has 0 atom stereocenters. The summed E-state index contributed by atoms with van der Waals surface area (Å²) < 4.78 is 159. The maximum atomic E-state index is 13.9. The van der Waals surface area contributed by atoms with Crippen LogP contribution in [0.15, 0.2) is 36.4 Å². The lowest BCUT2D eigenvalue weighted by Crippen LogP contribution is -2.63. The number of alkyl halides is 9. The van der Waals surface area contributed by atoms with Crippen molar-refractivity contribution in [3.63, 3.8) is 0 Å². The molecule has 0 heterocycles. The maximum Gasteiger partial charge on any atom is 0.460 e. The van der Waals surface area contributed by atoms with Crippen LogP contribution < -0.4 is 4.18 Å². The lowest BCUT2D eigenvalue weighted by atomic mass is 9.98. The molecule has 0 bridgehead atoms. The van der Waals surface area contributed by atoms with E-state index >= 15 is 0 Å². The van der Waals surface area contributed by atoms with E-state index in [1.807, 2.05) is 0 Å². The van der Waals surface area contributed by atoms with Crippen LogP contribution in [-0.2, 0) is 10.1 Å². The summed E-state index contributed by atoms with van der Waals surface area (Å²) in [6.07, 6.45) is -7.19. The van der Waals surface area contributed by atoms with E-state index in [1.165, 1.54) is 18.2 Å². The first kappa shape index (κ1) is 25.7. The highest BCUT2D eigenvalue weighted by atomic mass is 32.2. The first-order valence-corrected chi connectivity index (χ1v) is 9.69. The van der Waals surface area contributed by atoms with Crippen LogP contribution >= 0.6 is 0 Å². The Kier molecular flexibility index (Phi) is 6.29. The Morgan fingerprint density at radius 2 is 1.25 bits per heavy atom. The van der Waals surface area contributed by atoms with Crippen LogP contribution in [-0.4, -0.2) is 31.7 Å². The third-order valence-corrected chi connectivity index (χ3v) is 5.65. The van der Waals surface area contributed by atoms with Crippen LogP contribution in [0.1, 0.15) is 11.1 Å². The zero-order chi connectivity index (χ0) is 24.9. The fourth-order valence-electron chi connectivity index (χ4n) is 2.58. The normalized spacial score (nSPS) is 13.9. The van der Waals surface area contributed by atoms with Gasteiger partial charge in [-0.05, 0) is 42.7 Å². The molecule has 0 aliphatic carbocycles. The fourth-order valence-corrected chi connectivity index (χ4v) is 3.60. The molecule has 0 saturated carbocycles. The zero-order valence-corrected chi connectivity index (χ0v) is 16.7. The highest BCUT2D eigenvalue weighted by Crippen LogP contribution is 2.55. The Morgan fingerprint density at radius 1 is 0.750 bits per heavy atom. The first-order chi connectivity index (χ1) is 14.3. The van der Waals surface area contributed by atoms with Crippen LogP contribution in [0, 0.1) is 19.7 Å². The van der Waals surface area contributed by atoms with Gasteiger partial charge in [0, 0.05) is 5.56 Å². The van der Waals surface area contributed by atoms with Crippen LogP contribution in [0.3, 0.4) is 0 Å². The van der Waals surface area contributed by atoms with E-state index in [4.69, 9.17) is 0 Å². The number of benzene rings is 2. The second-order valence-corrected chi connectivity index (χ2v) is 8.18. The van der Waals surface area contributed by atoms with Gasteiger partial charge in [-0.1, -0.05) is 24.3 Å². The van der Waals surface area contributed by atoms with Gasteiger partial charge in [-0.25, -0.2) is 4.39 Å². The van der Waals surface area contributed by atoms with Crippen molar-refractivity contribution in [1.82, 2.24) is 0 Å². The minimum Gasteiger partial charge on any atom is -0.377 e. The number of rotatable bonds is 6. The minimum absolute atomic E-state index is 0.0523. The molecular weight excluding hydrogens is 486 g/mol. The second-order valence-electron chi connectivity index (χ2n) is 6.59. The number of halogens is 10. The van der Waals surface area contributed by atoms with Gasteiger partial charge in [-0.2, -0.15) is 47.9 Å². The highest BCUT2D eigenvalue weighted by Gasteiger charge is 2.86. The van der Waals surface area contributed by atoms with Crippen LogP contribution in [0.25, 0.3) is 11.1 Å². The summed E-state index contributed by atoms with van der Waals surface area (Å²) in [5, 5.41) is -6.98. The quantitative estimate of drug-likeness (QED) is 0.350. The fraction of sp³-hybridized carbons (Fsp3) is 0.333. The molecule has 0 N–H and O–H groups in total. The predicted octanol–water partition coefficient (Wildman–Crippen LogP) is 6.24. The second kappa shape index (κ2) is 7.81. The van der Waals surface area contributed by atoms with E-state index in [1.54, 1.807) is 0 Å². The maximum absolute atomic E-state index is 13.9. The van der Waals surface area contributed by atoms with Gasteiger partial charge in [-0.3, -0.25) is 0 Å². The van der Waals surface area contributed by atoms with Crippen molar-refractivity contribution >= 4 is 10.1 Å². The third-order valence-electron chi connectivity index (χ3n) is 4.38. The van der Waals surface area contributed by atoms with E-state index < -0.39 is 45.0 Å². The zero-order valence-electron chi connectivity index (χ0n) is 15.9. The Morgan fingerprint density at radius 3 is 1.72 bits per heavy atom. The average molecular weight is 498 g/mol. The molecule has 0 spiro atoms. The summed E-state index contributed by atoms with van der Waals surface area (Å²) in [7, 11) is -7.09. The molecule has 0 unspecified atom stereocenters. The molecule has 0 fully saturated rings. The van der Waals surface area contributed by atoms with Gasteiger partial charge >= 0.3 is 33.4 Å². The monoisotopic (exact) mass is 498 g/mol. The molecule has 0 aliphatic rings. The van der Waals surface area contributed by atoms with E-state index in [0.29, 0.717) is 0 Å². The standard InChI is InChI=1S/C18H12F10O3S/c1-9-3-8-13(11-4-6-12(19)7-5-11)10(2)14(9)31-32(29,30)18(27,28)16(22,23)15(20,21)17(24,25)26/h3-8H,1-2H3. The van der Waals surface area contributed by atoms with Gasteiger partial charge in [0.1, 0.15) is 11.6 Å². The Bertz CT molecular complexity index is 1110. The summed E-state index contributed by atoms with van der Waals surface area (Å²) in [4.78, 5) is 0. The summed E-state index contributed by atoms with van der Waals surface area (Å²) in [5.74, 6) is -16.5. The molecule has 2 rings (SSSR count). The number of hydrogen-bond acceptors (Lipinski definition) is 3. The third kappa shape index (κ3) is 3.99. The molecule has 3 nitrogen and oxygen atoms in total. The molecule has 2 aromatic carbocycles. The lowest BCUT2D eigenvalue weighted by Gasteiger charge is -2.32. The molecule has 2 aromatic rings. The first-order valence-electron chi connectivity index (χ1n) is 8.28. The Hall–Kier alpha value is -2.51. The van der Waals surface area contributed by atoms with Gasteiger partial charge in [-0.15, -0.1) is 0 Å². The van der Waals surface area contributed by atoms with E-state index in [9.17, 15) is 52.3 Å². The largest absolute Gasteiger partial charge is 0.460 e. The van der Waals surface area contributed by atoms with E-state index in [-0.39, 0.29) is 22.3 Å². The average Bonchev–Trinajstić information content (AvgIpc) is 2.65. The Labute approximate surface area is 174 Å². The van der Waals surface area contributed by atoms with Crippen molar-refractivity contribution in [3.05, 3.63) is 53.3 Å². The van der Waals surface area contributed by atoms with Gasteiger partial charge in [0.25, 0.3) is 0 Å². The molecule has 32 heavy (non-hydrogen) atoms. The van der Waals surface area contributed by atoms with Gasteiger partial charge in [0.15, 0.2) is 0 Å². The van der Waals surface area contributed by atoms with Crippen molar-refractivity contribution in [2.24, 2.45) is 0 Å². The van der Waals surface area contributed by atoms with Gasteiger partial charge in [0.2, 0.25) is 0 Å². The van der Waals surface area contributed by atoms with Crippen molar-refractivity contribution in [2.75, 3.05) is 0 Å². The highest BCUT2D eigenvalue weighted by molar-refractivity contribution is 7.88. The van der Waals surface area contributed by atoms with Crippen LogP contribution in [0.5, 0.6) is 5.75 Å². The van der Waals surface area contributed by atoms with E-state index in [0.717, 1.165) is 32.0 Å². The number of aryl methyl sites for hydroxylation is 1. The summed E-state index contributed by atoms with van der Waals surface area (Å²) >= 11 is 0. The predicted molar refractivity (Wildman–Crippen MR) is 91.8 cm³/mol. The smallest absolute Gasteiger partial charge is 0.377 e. The molecule has 0 amide bonds. The summed E-state index contributed by atoms with van der Waals surface area (Å²) in [6, 6.07) is 6.74. The van der Waals surface area contributed by atoms with Crippen LogP contribution in [0.2, 0.25) is 0 Å². The molecule has 0 aliphatic heterocycles. The number of hydrogen-bond donors (Lipinski definition) is 0. The van der Waals surface area contributed by atoms with Crippen molar-refractivity contribution in [3.8, 4) is 16.9 Å². The van der Waals surface area contributed by atoms with Gasteiger partial charge in [0.05, 0.1) is 0 Å². The molecular formula is C18H12F10O3S. The Balaban J connectivity index is 2.58. The van der Waals surface area contributed by atoms with Crippen molar-refractivity contribution in [2.45, 2.75) is 37.1 Å². The van der Waals surface area contributed by atoms with E-state index in [2.05, 4.69) is 4.18 Å². The SMILES string of the molecule is Cc1ccc(-c2ccc(F)cc2)c(C)c1OS(=O)(=O)C(F)(F)C(F)(F)C(F)(F)C(F)(F)F. The van der Waals surface area contributed by atoms with Crippen LogP contribution in [0.4, 0.5) is 43.9 Å². The molecule has 0 radical (unpaired) electrons. The molecule has 0 saturated heterocycles. The minimum atomic E-state index is -7.41. The van der Waals surface area contributed by atoms with Crippen molar-refractivity contribution in [1.29, 1.82) is 0 Å². The molecule has 178 valence electrons. The molecule has 0 aromatic heterocycles. The summed E-state index contributed by atoms with van der Waals surface area (Å²) in [5.41, 5.74) is -0.274. The van der Waals surface area contributed by atoms with Crippen molar-refractivity contribution < 1.29 is 56.5 Å². The topological polar surface area (TPSA) is 43.4 Å². The summed E-state index contributed by atoms with van der Waals surface area (Å²) in [6.45, 7) is 2.16.